The summed E-state index contributed by atoms with van der Waals surface area (Å²) in [5, 5.41) is 8.40. The summed E-state index contributed by atoms with van der Waals surface area (Å²) in [4.78, 5) is 0. The first kappa shape index (κ1) is 15.9. The first-order valence-corrected chi connectivity index (χ1v) is 8.27. The third-order valence-corrected chi connectivity index (χ3v) is 4.63. The van der Waals surface area contributed by atoms with Crippen molar-refractivity contribution in [2.24, 2.45) is 5.73 Å². The zero-order chi connectivity index (χ0) is 17.6. The van der Waals surface area contributed by atoms with Crippen LogP contribution in [0.25, 0.3) is 28.0 Å². The Bertz CT molecular complexity index is 1060. The molecule has 126 valence electrons. The normalized spacial score (nSPS) is 11.4. The second-order valence-electron chi connectivity index (χ2n) is 5.97. The number of aryl methyl sites for hydroxylation is 1. The van der Waals surface area contributed by atoms with E-state index < -0.39 is 0 Å². The molecule has 2 aromatic heterocycles. The Kier molecular flexibility index (Phi) is 3.82. The van der Waals surface area contributed by atoms with Crippen LogP contribution in [0.5, 0.6) is 0 Å². The van der Waals surface area contributed by atoms with Crippen LogP contribution in [-0.2, 0) is 6.54 Å². The minimum absolute atomic E-state index is 0.324. The topological polar surface area (TPSA) is 59.6 Å². The monoisotopic (exact) mass is 354 g/mol. The van der Waals surface area contributed by atoms with Crippen LogP contribution in [0.1, 0.15) is 11.3 Å². The van der Waals surface area contributed by atoms with Crippen molar-refractivity contribution >= 4 is 22.5 Å². The lowest BCUT2D eigenvalue weighted by Gasteiger charge is -2.10. The lowest BCUT2D eigenvalue weighted by molar-refractivity contribution is 0.629. The van der Waals surface area contributed by atoms with Gasteiger partial charge in [-0.3, -0.25) is 5.10 Å². The van der Waals surface area contributed by atoms with E-state index in [2.05, 4.69) is 10.2 Å². The van der Waals surface area contributed by atoms with E-state index in [0.717, 1.165) is 28.2 Å². The number of nitrogens with one attached hydrogen (secondary N) is 1. The van der Waals surface area contributed by atoms with E-state index >= 15 is 0 Å². The Morgan fingerprint density at radius 1 is 1.16 bits per heavy atom. The van der Waals surface area contributed by atoms with Crippen molar-refractivity contribution in [3.63, 3.8) is 0 Å². The van der Waals surface area contributed by atoms with Gasteiger partial charge in [0.15, 0.2) is 0 Å². The van der Waals surface area contributed by atoms with Gasteiger partial charge in [0, 0.05) is 23.3 Å². The second kappa shape index (κ2) is 6.02. The second-order valence-corrected chi connectivity index (χ2v) is 6.34. The van der Waals surface area contributed by atoms with Crippen LogP contribution in [0.2, 0.25) is 5.02 Å². The standard InChI is InChI=1S/C19H16ClFN4/c1-11-8-16(24-23-11)19-18(20)15-9-13(21)4-7-17(15)25(19)14-5-2-12(10-22)3-6-14/h2-9H,10,22H2,1H3,(H,23,24). The highest BCUT2D eigenvalue weighted by Gasteiger charge is 2.20. The first-order valence-electron chi connectivity index (χ1n) is 7.89. The molecule has 0 spiro atoms. The number of aromatic amines is 1. The van der Waals surface area contributed by atoms with E-state index in [1.165, 1.54) is 12.1 Å². The SMILES string of the molecule is Cc1cc(-c2c(Cl)c3cc(F)ccc3n2-c2ccc(CN)cc2)n[nH]1. The van der Waals surface area contributed by atoms with Crippen LogP contribution >= 0.6 is 11.6 Å². The summed E-state index contributed by atoms with van der Waals surface area (Å²) in [6.07, 6.45) is 0. The highest BCUT2D eigenvalue weighted by molar-refractivity contribution is 6.38. The minimum Gasteiger partial charge on any atom is -0.326 e. The molecule has 0 unspecified atom stereocenters. The third kappa shape index (κ3) is 2.62. The van der Waals surface area contributed by atoms with Gasteiger partial charge in [-0.1, -0.05) is 23.7 Å². The van der Waals surface area contributed by atoms with Crippen molar-refractivity contribution in [1.82, 2.24) is 14.8 Å². The number of nitrogens with zero attached hydrogens (tertiary/aromatic N) is 2. The number of hydrogen-bond donors (Lipinski definition) is 2. The van der Waals surface area contributed by atoms with Crippen molar-refractivity contribution in [2.75, 3.05) is 0 Å². The summed E-state index contributed by atoms with van der Waals surface area (Å²) in [7, 11) is 0. The van der Waals surface area contributed by atoms with Crippen LogP contribution in [0.15, 0.2) is 48.5 Å². The van der Waals surface area contributed by atoms with Gasteiger partial charge in [0.2, 0.25) is 0 Å². The zero-order valence-electron chi connectivity index (χ0n) is 13.6. The van der Waals surface area contributed by atoms with E-state index in [1.54, 1.807) is 6.07 Å². The Morgan fingerprint density at radius 3 is 2.56 bits per heavy atom. The predicted octanol–water partition coefficient (Wildman–Crippen LogP) is 4.58. The summed E-state index contributed by atoms with van der Waals surface area (Å²) in [5.74, 6) is -0.324. The van der Waals surface area contributed by atoms with Crippen LogP contribution in [0.3, 0.4) is 0 Å². The molecule has 6 heteroatoms. The van der Waals surface area contributed by atoms with Gasteiger partial charge in [-0.2, -0.15) is 5.10 Å². The number of H-pyrrole nitrogens is 1. The van der Waals surface area contributed by atoms with Crippen LogP contribution in [0.4, 0.5) is 4.39 Å². The molecule has 4 nitrogen and oxygen atoms in total. The van der Waals surface area contributed by atoms with Gasteiger partial charge in [-0.05, 0) is 48.9 Å². The Hall–Kier alpha value is -2.63. The van der Waals surface area contributed by atoms with Gasteiger partial charge in [0.1, 0.15) is 11.5 Å². The fraction of sp³-hybridized carbons (Fsp3) is 0.105. The molecule has 0 aliphatic heterocycles. The number of benzene rings is 2. The average molecular weight is 355 g/mol. The molecule has 25 heavy (non-hydrogen) atoms. The maximum Gasteiger partial charge on any atom is 0.124 e. The van der Waals surface area contributed by atoms with Gasteiger partial charge >= 0.3 is 0 Å². The van der Waals surface area contributed by atoms with Crippen LogP contribution in [-0.4, -0.2) is 14.8 Å². The summed E-state index contributed by atoms with van der Waals surface area (Å²) in [5.41, 5.74) is 10.8. The van der Waals surface area contributed by atoms with Crippen molar-refractivity contribution in [3.05, 3.63) is 70.6 Å². The van der Waals surface area contributed by atoms with Gasteiger partial charge in [-0.25, -0.2) is 4.39 Å². The van der Waals surface area contributed by atoms with Crippen LogP contribution in [0, 0.1) is 12.7 Å². The molecule has 0 aliphatic carbocycles. The largest absolute Gasteiger partial charge is 0.326 e. The quantitative estimate of drug-likeness (QED) is 0.565. The molecular formula is C19H16ClFN4. The van der Waals surface area contributed by atoms with E-state index in [-0.39, 0.29) is 5.82 Å². The smallest absolute Gasteiger partial charge is 0.124 e. The van der Waals surface area contributed by atoms with Gasteiger partial charge in [0.25, 0.3) is 0 Å². The van der Waals surface area contributed by atoms with Gasteiger partial charge in [0.05, 0.1) is 16.2 Å². The lowest BCUT2D eigenvalue weighted by atomic mass is 10.2. The minimum atomic E-state index is -0.324. The molecule has 0 fully saturated rings. The number of rotatable bonds is 3. The first-order chi connectivity index (χ1) is 12.1. The Balaban J connectivity index is 2.06. The molecule has 0 atom stereocenters. The Labute approximate surface area is 149 Å². The van der Waals surface area contributed by atoms with Crippen molar-refractivity contribution in [2.45, 2.75) is 13.5 Å². The molecule has 0 aliphatic rings. The molecule has 0 radical (unpaired) electrons. The molecule has 0 saturated heterocycles. The zero-order valence-corrected chi connectivity index (χ0v) is 14.3. The van der Waals surface area contributed by atoms with Crippen molar-refractivity contribution in [3.8, 4) is 17.1 Å². The summed E-state index contributed by atoms with van der Waals surface area (Å²) in [6, 6.07) is 14.4. The predicted molar refractivity (Wildman–Crippen MR) is 98.5 cm³/mol. The molecule has 4 aromatic rings. The van der Waals surface area contributed by atoms with E-state index in [4.69, 9.17) is 17.3 Å². The summed E-state index contributed by atoms with van der Waals surface area (Å²) >= 11 is 6.63. The molecule has 2 heterocycles. The molecule has 0 bridgehead atoms. The highest BCUT2D eigenvalue weighted by atomic mass is 35.5. The molecule has 0 amide bonds. The third-order valence-electron chi connectivity index (χ3n) is 4.25. The maximum atomic E-state index is 13.8. The molecular weight excluding hydrogens is 339 g/mol. The molecule has 2 aromatic carbocycles. The number of aromatic nitrogens is 3. The van der Waals surface area contributed by atoms with Gasteiger partial charge in [-0.15, -0.1) is 0 Å². The Morgan fingerprint density at radius 2 is 1.92 bits per heavy atom. The molecule has 3 N–H and O–H groups in total. The van der Waals surface area contributed by atoms with E-state index in [0.29, 0.717) is 22.6 Å². The van der Waals surface area contributed by atoms with E-state index in [9.17, 15) is 4.39 Å². The summed E-state index contributed by atoms with van der Waals surface area (Å²) < 4.78 is 15.8. The highest BCUT2D eigenvalue weighted by Crippen LogP contribution is 2.39. The number of nitrogens with two attached hydrogens (primary N) is 1. The maximum absolute atomic E-state index is 13.8. The van der Waals surface area contributed by atoms with E-state index in [1.807, 2.05) is 41.8 Å². The van der Waals surface area contributed by atoms with Crippen molar-refractivity contribution in [1.29, 1.82) is 0 Å². The number of fused-ring (bicyclic) bond motifs is 1. The lowest BCUT2D eigenvalue weighted by Crippen LogP contribution is -2.00. The summed E-state index contributed by atoms with van der Waals surface area (Å²) in [6.45, 7) is 2.40. The molecule has 4 rings (SSSR count). The van der Waals surface area contributed by atoms with Crippen molar-refractivity contribution < 1.29 is 4.39 Å². The van der Waals surface area contributed by atoms with Crippen LogP contribution < -0.4 is 5.73 Å². The molecule has 0 saturated carbocycles. The number of hydrogen-bond acceptors (Lipinski definition) is 2. The fourth-order valence-electron chi connectivity index (χ4n) is 3.04. The van der Waals surface area contributed by atoms with Gasteiger partial charge < -0.3 is 10.3 Å². The fourth-order valence-corrected chi connectivity index (χ4v) is 3.37. The number of halogens is 2. The average Bonchev–Trinajstić information content (AvgIpc) is 3.16.